The maximum Gasteiger partial charge on any atom is 0.271 e. The van der Waals surface area contributed by atoms with Crippen molar-refractivity contribution in [2.75, 3.05) is 19.5 Å². The van der Waals surface area contributed by atoms with Crippen LogP contribution in [0.3, 0.4) is 0 Å². The molecule has 0 atom stereocenters. The second-order valence-corrected chi connectivity index (χ2v) is 6.59. The molecule has 160 valence electrons. The van der Waals surface area contributed by atoms with E-state index in [1.807, 2.05) is 0 Å². The smallest absolute Gasteiger partial charge is 0.271 e. The fourth-order valence-corrected chi connectivity index (χ4v) is 2.90. The van der Waals surface area contributed by atoms with Crippen LogP contribution in [0.25, 0.3) is 11.3 Å². The van der Waals surface area contributed by atoms with Gasteiger partial charge in [-0.1, -0.05) is 6.07 Å². The summed E-state index contributed by atoms with van der Waals surface area (Å²) in [5.74, 6) is 0.507. The van der Waals surface area contributed by atoms with Crippen molar-refractivity contribution in [1.82, 2.24) is 9.78 Å². The number of carbonyl (C=O) groups is 1. The SMILES string of the molecule is COc1ccc(-c2ccc(=O)n(CC(=O)Nc3cc([N+](=O)[O-])ccc3C)n2)cc1OC. The molecule has 3 rings (SSSR count). The van der Waals surface area contributed by atoms with E-state index >= 15 is 0 Å². The summed E-state index contributed by atoms with van der Waals surface area (Å²) in [5, 5.41) is 17.8. The Hall–Kier alpha value is -4.21. The highest BCUT2D eigenvalue weighted by Crippen LogP contribution is 2.31. The van der Waals surface area contributed by atoms with Crippen molar-refractivity contribution < 1.29 is 19.2 Å². The van der Waals surface area contributed by atoms with Gasteiger partial charge in [0.1, 0.15) is 6.54 Å². The molecule has 0 bridgehead atoms. The molecule has 0 unspecified atom stereocenters. The Morgan fingerprint density at radius 1 is 1.10 bits per heavy atom. The largest absolute Gasteiger partial charge is 0.493 e. The number of non-ortho nitro benzene ring substituents is 1. The van der Waals surface area contributed by atoms with Crippen LogP contribution in [0.1, 0.15) is 5.56 Å². The van der Waals surface area contributed by atoms with E-state index in [4.69, 9.17) is 9.47 Å². The van der Waals surface area contributed by atoms with Gasteiger partial charge in [-0.3, -0.25) is 19.7 Å². The van der Waals surface area contributed by atoms with Crippen molar-refractivity contribution in [3.05, 3.63) is 74.6 Å². The fourth-order valence-electron chi connectivity index (χ4n) is 2.90. The first-order chi connectivity index (χ1) is 14.8. The van der Waals surface area contributed by atoms with E-state index in [1.165, 1.54) is 38.5 Å². The molecular weight excluding hydrogens is 404 g/mol. The Labute approximate surface area is 177 Å². The van der Waals surface area contributed by atoms with Crippen molar-refractivity contribution in [1.29, 1.82) is 0 Å². The lowest BCUT2D eigenvalue weighted by Crippen LogP contribution is -2.29. The van der Waals surface area contributed by atoms with Gasteiger partial charge < -0.3 is 14.8 Å². The maximum absolute atomic E-state index is 12.5. The van der Waals surface area contributed by atoms with Crippen LogP contribution in [0.15, 0.2) is 53.3 Å². The molecule has 0 radical (unpaired) electrons. The van der Waals surface area contributed by atoms with Gasteiger partial charge in [0.25, 0.3) is 11.2 Å². The number of ether oxygens (including phenoxy) is 2. The number of anilines is 1. The predicted octanol–water partition coefficient (Wildman–Crippen LogP) is 2.78. The second-order valence-electron chi connectivity index (χ2n) is 6.59. The highest BCUT2D eigenvalue weighted by molar-refractivity contribution is 5.91. The average Bonchev–Trinajstić information content (AvgIpc) is 2.76. The van der Waals surface area contributed by atoms with Crippen molar-refractivity contribution in [3.63, 3.8) is 0 Å². The number of amides is 1. The second kappa shape index (κ2) is 9.08. The third-order valence-electron chi connectivity index (χ3n) is 4.55. The van der Waals surface area contributed by atoms with Gasteiger partial charge in [-0.2, -0.15) is 5.10 Å². The number of rotatable bonds is 7. The number of nitro benzene ring substituents is 1. The number of hydrogen-bond donors (Lipinski definition) is 1. The van der Waals surface area contributed by atoms with Crippen LogP contribution in [0.4, 0.5) is 11.4 Å². The van der Waals surface area contributed by atoms with E-state index in [0.29, 0.717) is 34.0 Å². The summed E-state index contributed by atoms with van der Waals surface area (Å²) in [4.78, 5) is 35.1. The first kappa shape index (κ1) is 21.5. The van der Waals surface area contributed by atoms with Crippen molar-refractivity contribution in [2.24, 2.45) is 0 Å². The highest BCUT2D eigenvalue weighted by atomic mass is 16.6. The molecule has 0 aliphatic carbocycles. The number of nitro groups is 1. The van der Waals surface area contributed by atoms with Gasteiger partial charge in [0.15, 0.2) is 11.5 Å². The quantitative estimate of drug-likeness (QED) is 0.456. The molecule has 0 aliphatic heterocycles. The Balaban J connectivity index is 1.85. The summed E-state index contributed by atoms with van der Waals surface area (Å²) < 4.78 is 11.5. The topological polar surface area (TPSA) is 126 Å². The van der Waals surface area contributed by atoms with Gasteiger partial charge in [0, 0.05) is 23.8 Å². The number of hydrogen-bond acceptors (Lipinski definition) is 7. The monoisotopic (exact) mass is 424 g/mol. The molecule has 1 N–H and O–H groups in total. The number of aryl methyl sites for hydroxylation is 1. The lowest BCUT2D eigenvalue weighted by molar-refractivity contribution is -0.384. The van der Waals surface area contributed by atoms with E-state index in [0.717, 1.165) is 4.68 Å². The minimum Gasteiger partial charge on any atom is -0.493 e. The van der Waals surface area contributed by atoms with Gasteiger partial charge >= 0.3 is 0 Å². The Kier molecular flexibility index (Phi) is 6.29. The Bertz CT molecular complexity index is 1200. The zero-order chi connectivity index (χ0) is 22.5. The normalized spacial score (nSPS) is 10.4. The maximum atomic E-state index is 12.5. The van der Waals surface area contributed by atoms with E-state index in [2.05, 4.69) is 10.4 Å². The molecule has 10 nitrogen and oxygen atoms in total. The van der Waals surface area contributed by atoms with Crippen LogP contribution >= 0.6 is 0 Å². The summed E-state index contributed by atoms with van der Waals surface area (Å²) in [6.45, 7) is 1.35. The molecule has 1 heterocycles. The number of nitrogens with zero attached hydrogens (tertiary/aromatic N) is 3. The Morgan fingerprint density at radius 2 is 1.84 bits per heavy atom. The van der Waals surface area contributed by atoms with Crippen molar-refractivity contribution in [2.45, 2.75) is 13.5 Å². The molecule has 0 spiro atoms. The number of carbonyl (C=O) groups excluding carboxylic acids is 1. The predicted molar refractivity (Wildman–Crippen MR) is 114 cm³/mol. The fraction of sp³-hybridized carbons (Fsp3) is 0.190. The molecule has 0 saturated heterocycles. The molecular formula is C21H20N4O6. The molecule has 1 amide bonds. The standard InChI is InChI=1S/C21H20N4O6/c1-13-4-6-15(25(28)29)11-17(13)22-20(26)12-24-21(27)9-7-16(23-24)14-5-8-18(30-2)19(10-14)31-3/h4-11H,12H2,1-3H3,(H,22,26). The third kappa shape index (κ3) is 4.86. The molecule has 31 heavy (non-hydrogen) atoms. The number of aromatic nitrogens is 2. The van der Waals surface area contributed by atoms with E-state index in [9.17, 15) is 19.7 Å². The minimum atomic E-state index is -0.548. The molecule has 10 heteroatoms. The molecule has 0 aliphatic rings. The molecule has 0 saturated carbocycles. The van der Waals surface area contributed by atoms with Gasteiger partial charge in [-0.05, 0) is 36.8 Å². The van der Waals surface area contributed by atoms with Gasteiger partial charge in [-0.25, -0.2) is 4.68 Å². The van der Waals surface area contributed by atoms with Crippen LogP contribution in [0.5, 0.6) is 11.5 Å². The molecule has 0 fully saturated rings. The highest BCUT2D eigenvalue weighted by Gasteiger charge is 2.14. The lowest BCUT2D eigenvalue weighted by Gasteiger charge is -2.11. The van der Waals surface area contributed by atoms with Gasteiger partial charge in [0.05, 0.1) is 30.5 Å². The van der Waals surface area contributed by atoms with E-state index in [-0.39, 0.29) is 12.2 Å². The first-order valence-electron chi connectivity index (χ1n) is 9.18. The summed E-state index contributed by atoms with van der Waals surface area (Å²) in [7, 11) is 3.04. The van der Waals surface area contributed by atoms with Crippen LogP contribution in [-0.2, 0) is 11.3 Å². The Morgan fingerprint density at radius 3 is 2.52 bits per heavy atom. The zero-order valence-electron chi connectivity index (χ0n) is 17.1. The summed E-state index contributed by atoms with van der Waals surface area (Å²) in [6.07, 6.45) is 0. The van der Waals surface area contributed by atoms with Crippen LogP contribution in [-0.4, -0.2) is 34.8 Å². The summed E-state index contributed by atoms with van der Waals surface area (Å²) in [6, 6.07) is 12.2. The number of methoxy groups -OCH3 is 2. The average molecular weight is 424 g/mol. The van der Waals surface area contributed by atoms with Crippen molar-refractivity contribution in [3.8, 4) is 22.8 Å². The summed E-state index contributed by atoms with van der Waals surface area (Å²) >= 11 is 0. The van der Waals surface area contributed by atoms with Crippen molar-refractivity contribution >= 4 is 17.3 Å². The van der Waals surface area contributed by atoms with Gasteiger partial charge in [0.2, 0.25) is 5.91 Å². The zero-order valence-corrected chi connectivity index (χ0v) is 17.1. The van der Waals surface area contributed by atoms with E-state index < -0.39 is 16.4 Å². The third-order valence-corrected chi connectivity index (χ3v) is 4.55. The minimum absolute atomic E-state index is 0.147. The summed E-state index contributed by atoms with van der Waals surface area (Å²) in [5.41, 5.74) is 1.46. The molecule has 2 aromatic carbocycles. The van der Waals surface area contributed by atoms with E-state index in [1.54, 1.807) is 31.2 Å². The first-order valence-corrected chi connectivity index (χ1v) is 9.18. The molecule has 3 aromatic rings. The number of benzene rings is 2. The van der Waals surface area contributed by atoms with Crippen LogP contribution in [0, 0.1) is 17.0 Å². The lowest BCUT2D eigenvalue weighted by atomic mass is 10.1. The van der Waals surface area contributed by atoms with Crippen LogP contribution < -0.4 is 20.3 Å². The van der Waals surface area contributed by atoms with Gasteiger partial charge in [-0.15, -0.1) is 0 Å². The van der Waals surface area contributed by atoms with Crippen LogP contribution in [0.2, 0.25) is 0 Å². The molecule has 1 aromatic heterocycles. The number of nitrogens with one attached hydrogen (secondary N) is 1.